The molecule has 1 N–H and O–H groups in total. The zero-order valence-corrected chi connectivity index (χ0v) is 7.63. The molecular weight excluding hydrogens is 230 g/mol. The van der Waals surface area contributed by atoms with E-state index in [0.717, 1.165) is 4.47 Å². The molecule has 0 fully saturated rings. The summed E-state index contributed by atoms with van der Waals surface area (Å²) in [6.07, 6.45) is -4.41. The average molecular weight is 237 g/mol. The molecule has 0 aliphatic carbocycles. The van der Waals surface area contributed by atoms with Crippen LogP contribution in [0.4, 0.5) is 8.78 Å². The average Bonchev–Trinajstić information content (AvgIpc) is 2.04. The minimum absolute atomic E-state index is 0.230. The van der Waals surface area contributed by atoms with Crippen molar-refractivity contribution in [3.05, 3.63) is 34.3 Å². The van der Waals surface area contributed by atoms with E-state index in [1.807, 2.05) is 0 Å². The summed E-state index contributed by atoms with van der Waals surface area (Å²) in [6, 6.07) is 6.14. The Labute approximate surface area is 77.2 Å². The molecule has 0 bridgehead atoms. The van der Waals surface area contributed by atoms with Crippen molar-refractivity contribution in [1.82, 2.24) is 0 Å². The highest BCUT2D eigenvalue weighted by atomic mass is 79.9. The summed E-state index contributed by atoms with van der Waals surface area (Å²) >= 11 is 3.16. The first-order valence-corrected chi connectivity index (χ1v) is 4.12. The molecule has 4 heteroatoms. The molecule has 0 saturated carbocycles. The van der Waals surface area contributed by atoms with Crippen LogP contribution in [0.3, 0.4) is 0 Å². The van der Waals surface area contributed by atoms with E-state index < -0.39 is 12.5 Å². The maximum absolute atomic E-state index is 12.0. The highest BCUT2D eigenvalue weighted by Crippen LogP contribution is 2.21. The van der Waals surface area contributed by atoms with Crippen LogP contribution < -0.4 is 0 Å². The molecule has 1 rings (SSSR count). The van der Waals surface area contributed by atoms with Gasteiger partial charge in [0.15, 0.2) is 0 Å². The number of rotatable bonds is 2. The van der Waals surface area contributed by atoms with Gasteiger partial charge in [-0.05, 0) is 17.7 Å². The fourth-order valence-electron chi connectivity index (χ4n) is 0.805. The van der Waals surface area contributed by atoms with Gasteiger partial charge in [-0.15, -0.1) is 0 Å². The summed E-state index contributed by atoms with van der Waals surface area (Å²) < 4.78 is 24.7. The largest absolute Gasteiger partial charge is 0.382 e. The molecule has 1 atom stereocenters. The summed E-state index contributed by atoms with van der Waals surface area (Å²) in [5.74, 6) is 0. The first-order valence-electron chi connectivity index (χ1n) is 3.33. The zero-order chi connectivity index (χ0) is 9.14. The van der Waals surface area contributed by atoms with Gasteiger partial charge >= 0.3 is 0 Å². The van der Waals surface area contributed by atoms with E-state index in [4.69, 9.17) is 5.11 Å². The highest BCUT2D eigenvalue weighted by Gasteiger charge is 2.18. The first-order chi connectivity index (χ1) is 5.61. The van der Waals surface area contributed by atoms with E-state index in [1.54, 1.807) is 12.1 Å². The van der Waals surface area contributed by atoms with E-state index >= 15 is 0 Å². The smallest absolute Gasteiger partial charge is 0.268 e. The molecule has 0 aromatic heterocycles. The number of benzene rings is 1. The third-order valence-corrected chi connectivity index (χ3v) is 1.98. The van der Waals surface area contributed by atoms with Crippen LogP contribution in [0.1, 0.15) is 11.7 Å². The molecule has 1 aromatic rings. The lowest BCUT2D eigenvalue weighted by atomic mass is 10.1. The third-order valence-electron chi connectivity index (χ3n) is 1.45. The quantitative estimate of drug-likeness (QED) is 0.838. The van der Waals surface area contributed by atoms with Crippen LogP contribution in [-0.4, -0.2) is 11.5 Å². The number of aliphatic hydroxyl groups excluding tert-OH is 1. The molecule has 0 aliphatic rings. The van der Waals surface area contributed by atoms with Crippen molar-refractivity contribution in [1.29, 1.82) is 0 Å². The fourth-order valence-corrected chi connectivity index (χ4v) is 1.07. The van der Waals surface area contributed by atoms with Crippen LogP contribution in [0, 0.1) is 0 Å². The van der Waals surface area contributed by atoms with Gasteiger partial charge in [0.25, 0.3) is 6.43 Å². The normalized spacial score (nSPS) is 13.4. The number of hydrogen-bond acceptors (Lipinski definition) is 1. The molecule has 0 aliphatic heterocycles. The predicted molar refractivity (Wildman–Crippen MR) is 45.1 cm³/mol. The molecule has 12 heavy (non-hydrogen) atoms. The van der Waals surface area contributed by atoms with Crippen LogP contribution in [-0.2, 0) is 0 Å². The van der Waals surface area contributed by atoms with Crippen molar-refractivity contribution < 1.29 is 13.9 Å². The van der Waals surface area contributed by atoms with Crippen LogP contribution in [0.5, 0.6) is 0 Å². The van der Waals surface area contributed by atoms with Crippen molar-refractivity contribution in [3.8, 4) is 0 Å². The second-order valence-corrected chi connectivity index (χ2v) is 3.25. The Kier molecular flexibility index (Phi) is 3.17. The van der Waals surface area contributed by atoms with Crippen LogP contribution in [0.15, 0.2) is 28.7 Å². The van der Waals surface area contributed by atoms with E-state index in [0.29, 0.717) is 0 Å². The van der Waals surface area contributed by atoms with Gasteiger partial charge in [0.1, 0.15) is 6.10 Å². The van der Waals surface area contributed by atoms with Crippen LogP contribution >= 0.6 is 15.9 Å². The molecule has 0 amide bonds. The lowest BCUT2D eigenvalue weighted by Gasteiger charge is -2.08. The molecule has 0 radical (unpaired) electrons. The minimum Gasteiger partial charge on any atom is -0.382 e. The molecule has 0 saturated heterocycles. The molecule has 0 unspecified atom stereocenters. The van der Waals surface area contributed by atoms with Gasteiger partial charge in [-0.2, -0.15) is 0 Å². The van der Waals surface area contributed by atoms with Crippen LogP contribution in [0.2, 0.25) is 0 Å². The Bertz CT molecular complexity index is 248. The van der Waals surface area contributed by atoms with Crippen molar-refractivity contribution in [2.45, 2.75) is 12.5 Å². The number of alkyl halides is 2. The lowest BCUT2D eigenvalue weighted by Crippen LogP contribution is -2.07. The lowest BCUT2D eigenvalue weighted by molar-refractivity contribution is -0.00578. The monoisotopic (exact) mass is 236 g/mol. The van der Waals surface area contributed by atoms with Crippen molar-refractivity contribution in [3.63, 3.8) is 0 Å². The SMILES string of the molecule is O[C@H](c1ccc(Br)cc1)C(F)F. The third kappa shape index (κ3) is 2.25. The molecule has 66 valence electrons. The molecule has 0 spiro atoms. The van der Waals surface area contributed by atoms with Crippen molar-refractivity contribution in [2.24, 2.45) is 0 Å². The topological polar surface area (TPSA) is 20.2 Å². The Hall–Kier alpha value is -0.480. The number of aliphatic hydroxyl groups is 1. The van der Waals surface area contributed by atoms with E-state index in [9.17, 15) is 8.78 Å². The van der Waals surface area contributed by atoms with E-state index in [1.165, 1.54) is 12.1 Å². The molecular formula is C8H7BrF2O. The van der Waals surface area contributed by atoms with Gasteiger partial charge in [-0.1, -0.05) is 28.1 Å². The van der Waals surface area contributed by atoms with Crippen molar-refractivity contribution in [2.75, 3.05) is 0 Å². The standard InChI is InChI=1S/C8H7BrF2O/c9-6-3-1-5(2-4-6)7(12)8(10)11/h1-4,7-8,12H/t7-/m1/s1. The summed E-state index contributed by atoms with van der Waals surface area (Å²) in [4.78, 5) is 0. The first kappa shape index (κ1) is 9.61. The van der Waals surface area contributed by atoms with Gasteiger partial charge in [0.2, 0.25) is 0 Å². The summed E-state index contributed by atoms with van der Waals surface area (Å²) in [7, 11) is 0. The molecule has 1 nitrogen and oxygen atoms in total. The Morgan fingerprint density at radius 1 is 1.17 bits per heavy atom. The van der Waals surface area contributed by atoms with E-state index in [2.05, 4.69) is 15.9 Å². The second-order valence-electron chi connectivity index (χ2n) is 2.33. The highest BCUT2D eigenvalue weighted by molar-refractivity contribution is 9.10. The number of halogens is 3. The predicted octanol–water partition coefficient (Wildman–Crippen LogP) is 2.75. The Morgan fingerprint density at radius 3 is 2.08 bits per heavy atom. The Balaban J connectivity index is 2.82. The molecule has 1 aromatic carbocycles. The minimum atomic E-state index is -2.73. The summed E-state index contributed by atoms with van der Waals surface area (Å²) in [5.41, 5.74) is 0.230. The van der Waals surface area contributed by atoms with E-state index in [-0.39, 0.29) is 5.56 Å². The summed E-state index contributed by atoms with van der Waals surface area (Å²) in [6.45, 7) is 0. The van der Waals surface area contributed by atoms with Crippen molar-refractivity contribution >= 4 is 15.9 Å². The van der Waals surface area contributed by atoms with Crippen LogP contribution in [0.25, 0.3) is 0 Å². The maximum atomic E-state index is 12.0. The zero-order valence-electron chi connectivity index (χ0n) is 6.05. The number of hydrogen-bond donors (Lipinski definition) is 1. The van der Waals surface area contributed by atoms with Gasteiger partial charge in [-0.25, -0.2) is 8.78 Å². The fraction of sp³-hybridized carbons (Fsp3) is 0.250. The van der Waals surface area contributed by atoms with Gasteiger partial charge in [0, 0.05) is 4.47 Å². The maximum Gasteiger partial charge on any atom is 0.268 e. The second kappa shape index (κ2) is 3.96. The van der Waals surface area contributed by atoms with Gasteiger partial charge < -0.3 is 5.11 Å². The summed E-state index contributed by atoms with van der Waals surface area (Å²) in [5, 5.41) is 8.92. The van der Waals surface area contributed by atoms with Gasteiger partial charge in [0.05, 0.1) is 0 Å². The molecule has 0 heterocycles. The van der Waals surface area contributed by atoms with Gasteiger partial charge in [-0.3, -0.25) is 0 Å². The Morgan fingerprint density at radius 2 is 1.67 bits per heavy atom.